The molecular weight excluding hydrogens is 300 g/mol. The molecule has 3 rings (SSSR count). The van der Waals surface area contributed by atoms with Gasteiger partial charge in [0.25, 0.3) is 0 Å². The Balaban J connectivity index is 1.61. The molecule has 0 radical (unpaired) electrons. The van der Waals surface area contributed by atoms with E-state index in [-0.39, 0.29) is 6.10 Å². The molecule has 118 valence electrons. The molecule has 1 atom stereocenters. The minimum absolute atomic E-state index is 0.210. The first-order valence-electron chi connectivity index (χ1n) is 7.73. The predicted molar refractivity (Wildman–Crippen MR) is 86.6 cm³/mol. The van der Waals surface area contributed by atoms with Crippen molar-refractivity contribution in [1.29, 1.82) is 0 Å². The largest absolute Gasteiger partial charge is 0.439 e. The summed E-state index contributed by atoms with van der Waals surface area (Å²) in [7, 11) is 0. The van der Waals surface area contributed by atoms with Crippen LogP contribution in [0.4, 0.5) is 0 Å². The summed E-state index contributed by atoms with van der Waals surface area (Å²) in [6, 6.07) is 7.58. The molecular formula is C17H21ClN2O2. The number of benzene rings is 1. The van der Waals surface area contributed by atoms with Crippen molar-refractivity contribution in [2.24, 2.45) is 5.92 Å². The highest BCUT2D eigenvalue weighted by atomic mass is 35.5. The first-order chi connectivity index (χ1) is 10.6. The number of hydrogen-bond acceptors (Lipinski definition) is 4. The Morgan fingerprint density at radius 3 is 2.86 bits per heavy atom. The fourth-order valence-electron chi connectivity index (χ4n) is 2.94. The van der Waals surface area contributed by atoms with Crippen LogP contribution in [0.25, 0.3) is 11.3 Å². The SMILES string of the molecule is CC(O)C1CCN(Cc2ncc(-c3cccc(Cl)c3)o2)CC1. The lowest BCUT2D eigenvalue weighted by molar-refractivity contribution is 0.0668. The monoisotopic (exact) mass is 320 g/mol. The second kappa shape index (κ2) is 6.82. The van der Waals surface area contributed by atoms with E-state index in [0.717, 1.165) is 43.1 Å². The number of halogens is 1. The maximum atomic E-state index is 9.64. The second-order valence-corrected chi connectivity index (χ2v) is 6.42. The molecule has 1 N–H and O–H groups in total. The molecule has 1 saturated heterocycles. The Bertz CT molecular complexity index is 619. The van der Waals surface area contributed by atoms with Gasteiger partial charge in [-0.3, -0.25) is 4.90 Å². The number of aliphatic hydroxyl groups is 1. The molecule has 0 spiro atoms. The molecule has 1 aliphatic heterocycles. The van der Waals surface area contributed by atoms with Crippen LogP contribution in [-0.2, 0) is 6.54 Å². The zero-order chi connectivity index (χ0) is 15.5. The lowest BCUT2D eigenvalue weighted by Gasteiger charge is -2.32. The van der Waals surface area contributed by atoms with Crippen LogP contribution < -0.4 is 0 Å². The van der Waals surface area contributed by atoms with Crippen LogP contribution in [0.5, 0.6) is 0 Å². The van der Waals surface area contributed by atoms with Gasteiger partial charge in [-0.25, -0.2) is 4.98 Å². The van der Waals surface area contributed by atoms with Crippen molar-refractivity contribution in [3.8, 4) is 11.3 Å². The number of rotatable bonds is 4. The molecule has 0 saturated carbocycles. The van der Waals surface area contributed by atoms with Crippen molar-refractivity contribution in [3.05, 3.63) is 41.4 Å². The van der Waals surface area contributed by atoms with E-state index < -0.39 is 0 Å². The van der Waals surface area contributed by atoms with E-state index in [1.807, 2.05) is 31.2 Å². The van der Waals surface area contributed by atoms with Crippen LogP contribution in [0.15, 0.2) is 34.9 Å². The van der Waals surface area contributed by atoms with Crippen LogP contribution in [0.2, 0.25) is 5.02 Å². The quantitative estimate of drug-likeness (QED) is 0.935. The molecule has 4 nitrogen and oxygen atoms in total. The van der Waals surface area contributed by atoms with Gasteiger partial charge in [0.15, 0.2) is 5.76 Å². The summed E-state index contributed by atoms with van der Waals surface area (Å²) < 4.78 is 5.84. The van der Waals surface area contributed by atoms with Crippen LogP contribution >= 0.6 is 11.6 Å². The van der Waals surface area contributed by atoms with Crippen LogP contribution in [0, 0.1) is 5.92 Å². The molecule has 1 unspecified atom stereocenters. The summed E-state index contributed by atoms with van der Waals surface area (Å²) in [6.45, 7) is 4.55. The van der Waals surface area contributed by atoms with Crippen molar-refractivity contribution in [2.75, 3.05) is 13.1 Å². The van der Waals surface area contributed by atoms with Gasteiger partial charge < -0.3 is 9.52 Å². The highest BCUT2D eigenvalue weighted by Gasteiger charge is 2.23. The number of aromatic nitrogens is 1. The Labute approximate surface area is 135 Å². The summed E-state index contributed by atoms with van der Waals surface area (Å²) in [4.78, 5) is 6.70. The smallest absolute Gasteiger partial charge is 0.209 e. The van der Waals surface area contributed by atoms with Crippen LogP contribution in [-0.4, -0.2) is 34.2 Å². The first-order valence-corrected chi connectivity index (χ1v) is 8.10. The molecule has 0 aliphatic carbocycles. The van der Waals surface area contributed by atoms with E-state index in [4.69, 9.17) is 16.0 Å². The Morgan fingerprint density at radius 2 is 2.18 bits per heavy atom. The third-order valence-electron chi connectivity index (χ3n) is 4.34. The summed E-state index contributed by atoms with van der Waals surface area (Å²) in [5, 5.41) is 10.3. The van der Waals surface area contributed by atoms with Crippen molar-refractivity contribution in [1.82, 2.24) is 9.88 Å². The van der Waals surface area contributed by atoms with Gasteiger partial charge in [0.05, 0.1) is 18.8 Å². The van der Waals surface area contributed by atoms with Crippen molar-refractivity contribution >= 4 is 11.6 Å². The number of oxazole rings is 1. The lowest BCUT2D eigenvalue weighted by Crippen LogP contribution is -2.36. The molecule has 1 aliphatic rings. The fourth-order valence-corrected chi connectivity index (χ4v) is 3.13. The normalized spacial score (nSPS) is 18.5. The van der Waals surface area contributed by atoms with E-state index in [9.17, 15) is 5.11 Å². The summed E-state index contributed by atoms with van der Waals surface area (Å²) in [5.74, 6) is 1.89. The standard InChI is InChI=1S/C17H21ClN2O2/c1-12(21)13-5-7-20(8-6-13)11-17-19-10-16(22-17)14-3-2-4-15(18)9-14/h2-4,9-10,12-13,21H,5-8,11H2,1H3. The minimum atomic E-state index is -0.210. The van der Waals surface area contributed by atoms with Gasteiger partial charge in [-0.2, -0.15) is 0 Å². The van der Waals surface area contributed by atoms with Gasteiger partial charge in [-0.1, -0.05) is 23.7 Å². The summed E-state index contributed by atoms with van der Waals surface area (Å²) in [5.41, 5.74) is 0.944. The third kappa shape index (κ3) is 3.69. The highest BCUT2D eigenvalue weighted by molar-refractivity contribution is 6.30. The van der Waals surface area contributed by atoms with E-state index in [1.165, 1.54) is 0 Å². The van der Waals surface area contributed by atoms with Gasteiger partial charge >= 0.3 is 0 Å². The van der Waals surface area contributed by atoms with Crippen molar-refractivity contribution in [3.63, 3.8) is 0 Å². The van der Waals surface area contributed by atoms with E-state index in [0.29, 0.717) is 17.5 Å². The zero-order valence-electron chi connectivity index (χ0n) is 12.7. The maximum absolute atomic E-state index is 9.64. The molecule has 5 heteroatoms. The fraction of sp³-hybridized carbons (Fsp3) is 0.471. The molecule has 0 bridgehead atoms. The van der Waals surface area contributed by atoms with Crippen molar-refractivity contribution in [2.45, 2.75) is 32.4 Å². The zero-order valence-corrected chi connectivity index (χ0v) is 13.5. The number of piperidine rings is 1. The molecule has 0 amide bonds. The molecule has 1 fully saturated rings. The Hall–Kier alpha value is -1.36. The lowest BCUT2D eigenvalue weighted by atomic mass is 9.92. The van der Waals surface area contributed by atoms with E-state index in [1.54, 1.807) is 6.20 Å². The van der Waals surface area contributed by atoms with E-state index >= 15 is 0 Å². The van der Waals surface area contributed by atoms with Gasteiger partial charge in [0, 0.05) is 10.6 Å². The van der Waals surface area contributed by atoms with Crippen molar-refractivity contribution < 1.29 is 9.52 Å². The maximum Gasteiger partial charge on any atom is 0.209 e. The van der Waals surface area contributed by atoms with E-state index in [2.05, 4.69) is 9.88 Å². The van der Waals surface area contributed by atoms with Gasteiger partial charge in [0.2, 0.25) is 5.89 Å². The summed E-state index contributed by atoms with van der Waals surface area (Å²) >= 11 is 6.01. The van der Waals surface area contributed by atoms with Crippen LogP contribution in [0.1, 0.15) is 25.7 Å². The molecule has 1 aromatic carbocycles. The second-order valence-electron chi connectivity index (χ2n) is 5.98. The number of nitrogens with zero attached hydrogens (tertiary/aromatic N) is 2. The first kappa shape index (κ1) is 15.5. The Kier molecular flexibility index (Phi) is 4.81. The number of hydrogen-bond donors (Lipinski definition) is 1. The van der Waals surface area contributed by atoms with Crippen LogP contribution in [0.3, 0.4) is 0 Å². The molecule has 2 aromatic rings. The predicted octanol–water partition coefficient (Wildman–Crippen LogP) is 3.59. The number of aliphatic hydroxyl groups excluding tert-OH is 1. The number of likely N-dealkylation sites (tertiary alicyclic amines) is 1. The minimum Gasteiger partial charge on any atom is -0.439 e. The summed E-state index contributed by atoms with van der Waals surface area (Å²) in [6.07, 6.45) is 3.60. The molecule has 2 heterocycles. The molecule has 22 heavy (non-hydrogen) atoms. The molecule has 1 aromatic heterocycles. The third-order valence-corrected chi connectivity index (χ3v) is 4.57. The van der Waals surface area contributed by atoms with Gasteiger partial charge in [-0.05, 0) is 50.9 Å². The average Bonchev–Trinajstić information content (AvgIpc) is 2.96. The van der Waals surface area contributed by atoms with Gasteiger partial charge in [-0.15, -0.1) is 0 Å². The topological polar surface area (TPSA) is 49.5 Å². The van der Waals surface area contributed by atoms with Gasteiger partial charge in [0.1, 0.15) is 0 Å². The average molecular weight is 321 g/mol. The Morgan fingerprint density at radius 1 is 1.41 bits per heavy atom. The highest BCUT2D eigenvalue weighted by Crippen LogP contribution is 2.25.